The summed E-state index contributed by atoms with van der Waals surface area (Å²) >= 11 is 0. The number of rotatable bonds is 5. The van der Waals surface area contributed by atoms with E-state index >= 15 is 0 Å². The molecule has 0 radical (unpaired) electrons. The number of ether oxygens (including phenoxy) is 3. The van der Waals surface area contributed by atoms with E-state index in [-0.39, 0.29) is 17.1 Å². The fourth-order valence-corrected chi connectivity index (χ4v) is 1.44. The summed E-state index contributed by atoms with van der Waals surface area (Å²) in [6.07, 6.45) is 1.04. The molecule has 1 aromatic rings. The minimum absolute atomic E-state index is 0.0200. The van der Waals surface area contributed by atoms with Gasteiger partial charge in [-0.15, -0.1) is 0 Å². The van der Waals surface area contributed by atoms with Gasteiger partial charge in [0.2, 0.25) is 5.76 Å². The Morgan fingerprint density at radius 3 is 2.47 bits per heavy atom. The van der Waals surface area contributed by atoms with E-state index in [0.717, 1.165) is 6.26 Å². The van der Waals surface area contributed by atoms with Crippen molar-refractivity contribution in [3.05, 3.63) is 41.3 Å². The number of aryl methyl sites for hydroxylation is 1. The lowest BCUT2D eigenvalue weighted by atomic mass is 10.1. The predicted octanol–water partition coefficient (Wildman–Crippen LogP) is 1.73. The Morgan fingerprint density at radius 1 is 1.26 bits per heavy atom. The normalized spacial score (nSPS) is 10.8. The fourth-order valence-electron chi connectivity index (χ4n) is 1.44. The first-order valence-electron chi connectivity index (χ1n) is 5.33. The number of esters is 1. The smallest absolute Gasteiger partial charge is 0.377 e. The summed E-state index contributed by atoms with van der Waals surface area (Å²) in [4.78, 5) is 22.6. The van der Waals surface area contributed by atoms with Crippen LogP contribution in [0.1, 0.15) is 15.9 Å². The molecule has 0 spiro atoms. The summed E-state index contributed by atoms with van der Waals surface area (Å²) in [5.74, 6) is -2.10. The van der Waals surface area contributed by atoms with Crippen molar-refractivity contribution in [2.45, 2.75) is 6.92 Å². The van der Waals surface area contributed by atoms with Gasteiger partial charge in [0.15, 0.2) is 0 Å². The monoisotopic (exact) mass is 266 g/mol. The molecule has 0 saturated carbocycles. The van der Waals surface area contributed by atoms with E-state index in [9.17, 15) is 9.59 Å². The molecule has 0 bridgehead atoms. The lowest BCUT2D eigenvalue weighted by Gasteiger charge is -2.11. The van der Waals surface area contributed by atoms with Gasteiger partial charge >= 0.3 is 11.9 Å². The second-order valence-electron chi connectivity index (χ2n) is 3.56. The summed E-state index contributed by atoms with van der Waals surface area (Å²) in [6, 6.07) is 4.70. The van der Waals surface area contributed by atoms with Crippen molar-refractivity contribution in [1.82, 2.24) is 0 Å². The zero-order chi connectivity index (χ0) is 14.4. The highest BCUT2D eigenvalue weighted by Gasteiger charge is 2.19. The van der Waals surface area contributed by atoms with Crippen LogP contribution in [-0.2, 0) is 14.3 Å². The number of carboxylic acid groups (broad SMARTS) is 1. The highest BCUT2D eigenvalue weighted by molar-refractivity contribution is 5.93. The Bertz CT molecular complexity index is 518. The van der Waals surface area contributed by atoms with Gasteiger partial charge in [0.05, 0.1) is 14.2 Å². The van der Waals surface area contributed by atoms with Gasteiger partial charge in [-0.25, -0.2) is 9.59 Å². The Labute approximate surface area is 110 Å². The average Bonchev–Trinajstić information content (AvgIpc) is 2.37. The summed E-state index contributed by atoms with van der Waals surface area (Å²) in [7, 11) is 2.52. The zero-order valence-electron chi connectivity index (χ0n) is 10.8. The number of hydrogen-bond donors (Lipinski definition) is 1. The minimum Gasteiger partial charge on any atom is -0.500 e. The van der Waals surface area contributed by atoms with Crippen LogP contribution in [-0.4, -0.2) is 31.3 Å². The fraction of sp³-hybridized carbons (Fsp3) is 0.231. The Hall–Kier alpha value is -2.50. The molecule has 1 N–H and O–H groups in total. The van der Waals surface area contributed by atoms with E-state index in [1.807, 2.05) is 0 Å². The molecule has 0 aromatic heterocycles. The van der Waals surface area contributed by atoms with E-state index in [1.54, 1.807) is 19.1 Å². The van der Waals surface area contributed by atoms with Crippen molar-refractivity contribution in [3.8, 4) is 5.75 Å². The molecule has 0 atom stereocenters. The third kappa shape index (κ3) is 3.48. The standard InChI is InChI=1S/C13H14O6/c1-8-5-4-6-9(11(8)12(14)15)19-10(7-17-2)13(16)18-3/h4-7H,1-3H3,(H,14,15)/b10-7+. The van der Waals surface area contributed by atoms with Crippen molar-refractivity contribution >= 4 is 11.9 Å². The van der Waals surface area contributed by atoms with Crippen molar-refractivity contribution in [1.29, 1.82) is 0 Å². The van der Waals surface area contributed by atoms with Crippen LogP contribution < -0.4 is 4.74 Å². The number of hydrogen-bond acceptors (Lipinski definition) is 5. The van der Waals surface area contributed by atoms with Gasteiger partial charge in [-0.05, 0) is 18.6 Å². The molecule has 19 heavy (non-hydrogen) atoms. The number of carbonyl (C=O) groups is 2. The van der Waals surface area contributed by atoms with Crippen molar-refractivity contribution in [2.24, 2.45) is 0 Å². The lowest BCUT2D eigenvalue weighted by Crippen LogP contribution is -2.13. The SMILES string of the molecule is CO/C=C(/Oc1cccc(C)c1C(=O)O)C(=O)OC. The number of carbonyl (C=O) groups excluding carboxylic acids is 1. The van der Waals surface area contributed by atoms with Gasteiger partial charge in [0.1, 0.15) is 17.6 Å². The van der Waals surface area contributed by atoms with E-state index in [4.69, 9.17) is 14.6 Å². The van der Waals surface area contributed by atoms with Gasteiger partial charge in [-0.2, -0.15) is 0 Å². The summed E-state index contributed by atoms with van der Waals surface area (Å²) in [6.45, 7) is 1.63. The van der Waals surface area contributed by atoms with Crippen LogP contribution in [0.3, 0.4) is 0 Å². The Morgan fingerprint density at radius 2 is 1.95 bits per heavy atom. The van der Waals surface area contributed by atoms with Crippen LogP contribution in [0.15, 0.2) is 30.2 Å². The molecule has 1 aromatic carbocycles. The summed E-state index contributed by atoms with van der Waals surface area (Å²) in [5, 5.41) is 9.14. The molecule has 0 aliphatic rings. The molecule has 0 unspecified atom stereocenters. The molecular weight excluding hydrogens is 252 g/mol. The Balaban J connectivity index is 3.17. The first-order chi connectivity index (χ1) is 9.01. The highest BCUT2D eigenvalue weighted by atomic mass is 16.6. The molecule has 6 nitrogen and oxygen atoms in total. The molecule has 0 saturated heterocycles. The van der Waals surface area contributed by atoms with Crippen LogP contribution in [0.4, 0.5) is 0 Å². The van der Waals surface area contributed by atoms with Crippen LogP contribution in [0.5, 0.6) is 5.75 Å². The predicted molar refractivity (Wildman–Crippen MR) is 65.9 cm³/mol. The number of aromatic carboxylic acids is 1. The molecule has 0 fully saturated rings. The molecular formula is C13H14O6. The van der Waals surface area contributed by atoms with Crippen LogP contribution in [0.25, 0.3) is 0 Å². The largest absolute Gasteiger partial charge is 0.500 e. The van der Waals surface area contributed by atoms with Gasteiger partial charge in [0.25, 0.3) is 0 Å². The van der Waals surface area contributed by atoms with E-state index in [1.165, 1.54) is 20.3 Å². The maximum Gasteiger partial charge on any atom is 0.377 e. The van der Waals surface area contributed by atoms with E-state index < -0.39 is 11.9 Å². The first-order valence-corrected chi connectivity index (χ1v) is 5.33. The number of benzene rings is 1. The maximum atomic E-state index is 11.4. The maximum absolute atomic E-state index is 11.4. The van der Waals surface area contributed by atoms with Crippen LogP contribution in [0.2, 0.25) is 0 Å². The second-order valence-corrected chi connectivity index (χ2v) is 3.56. The van der Waals surface area contributed by atoms with Crippen molar-refractivity contribution < 1.29 is 28.9 Å². The summed E-state index contributed by atoms with van der Waals surface area (Å²) < 4.78 is 14.5. The molecule has 102 valence electrons. The highest BCUT2D eigenvalue weighted by Crippen LogP contribution is 2.24. The first kappa shape index (κ1) is 14.6. The quantitative estimate of drug-likeness (QED) is 0.496. The van der Waals surface area contributed by atoms with Gasteiger partial charge in [0, 0.05) is 0 Å². The van der Waals surface area contributed by atoms with Gasteiger partial charge in [-0.3, -0.25) is 0 Å². The lowest BCUT2D eigenvalue weighted by molar-refractivity contribution is -0.138. The molecule has 6 heteroatoms. The van der Waals surface area contributed by atoms with E-state index in [0.29, 0.717) is 5.56 Å². The second kappa shape index (κ2) is 6.44. The zero-order valence-corrected chi connectivity index (χ0v) is 10.8. The molecule has 0 aliphatic carbocycles. The number of carboxylic acids is 1. The third-order valence-electron chi connectivity index (χ3n) is 2.28. The van der Waals surface area contributed by atoms with E-state index in [2.05, 4.69) is 4.74 Å². The molecule has 0 aliphatic heterocycles. The average molecular weight is 266 g/mol. The van der Waals surface area contributed by atoms with Crippen LogP contribution in [0, 0.1) is 6.92 Å². The molecule has 0 amide bonds. The number of methoxy groups -OCH3 is 2. The third-order valence-corrected chi connectivity index (χ3v) is 2.28. The van der Waals surface area contributed by atoms with Gasteiger partial charge in [-0.1, -0.05) is 12.1 Å². The Kier molecular flexibility index (Phi) is 4.93. The molecule has 0 heterocycles. The van der Waals surface area contributed by atoms with Crippen LogP contribution >= 0.6 is 0 Å². The van der Waals surface area contributed by atoms with Crippen molar-refractivity contribution in [2.75, 3.05) is 14.2 Å². The van der Waals surface area contributed by atoms with Crippen molar-refractivity contribution in [3.63, 3.8) is 0 Å². The van der Waals surface area contributed by atoms with Gasteiger partial charge < -0.3 is 19.3 Å². The topological polar surface area (TPSA) is 82.1 Å². The minimum atomic E-state index is -1.14. The summed E-state index contributed by atoms with van der Waals surface area (Å²) in [5.41, 5.74) is 0.500. The molecule has 1 rings (SSSR count).